The summed E-state index contributed by atoms with van der Waals surface area (Å²) >= 11 is 0. The van der Waals surface area contributed by atoms with Crippen LogP contribution in [0.3, 0.4) is 0 Å². The fourth-order valence-electron chi connectivity index (χ4n) is 3.03. The van der Waals surface area contributed by atoms with Gasteiger partial charge in [-0.15, -0.1) is 0 Å². The molecule has 0 aromatic heterocycles. The summed E-state index contributed by atoms with van der Waals surface area (Å²) in [6.07, 6.45) is 1.05. The lowest BCUT2D eigenvalue weighted by molar-refractivity contribution is -0.422. The first-order valence-electron chi connectivity index (χ1n) is 7.92. The van der Waals surface area contributed by atoms with E-state index in [1.165, 1.54) is 6.92 Å². The Morgan fingerprint density at radius 1 is 1.45 bits per heavy atom. The Bertz CT molecular complexity index is 777. The van der Waals surface area contributed by atoms with Crippen LogP contribution in [0.25, 0.3) is 0 Å². The molecular weight excluding hydrogens is 282 g/mol. The molecule has 0 bridgehead atoms. The summed E-state index contributed by atoms with van der Waals surface area (Å²) in [5.74, 6) is -3.73. The van der Waals surface area contributed by atoms with Crippen LogP contribution in [0.15, 0.2) is 47.8 Å². The van der Waals surface area contributed by atoms with Gasteiger partial charge in [-0.2, -0.15) is 0 Å². The van der Waals surface area contributed by atoms with Crippen LogP contribution in [-0.4, -0.2) is 15.7 Å². The fraction of sp³-hybridized carbons (Fsp3) is 0.312. The van der Waals surface area contributed by atoms with E-state index >= 15 is 0 Å². The van der Waals surface area contributed by atoms with Crippen molar-refractivity contribution >= 4 is 5.91 Å². The minimum absolute atomic E-state index is 0.128. The number of primary amides is 1. The van der Waals surface area contributed by atoms with Gasteiger partial charge < -0.3 is 10.6 Å². The third kappa shape index (κ3) is 2.26. The molecule has 1 aromatic rings. The molecule has 22 heavy (non-hydrogen) atoms. The number of carbonyl (C=O) groups excluding carboxylic acids is 1. The van der Waals surface area contributed by atoms with Crippen LogP contribution < -0.4 is 5.73 Å². The van der Waals surface area contributed by atoms with Crippen molar-refractivity contribution in [1.29, 1.82) is 0 Å². The monoisotopic (exact) mass is 301 g/mol. The molecule has 2 N–H and O–H groups in total. The Morgan fingerprint density at radius 2 is 2.05 bits per heavy atom. The van der Waals surface area contributed by atoms with Gasteiger partial charge in [0.05, 0.1) is 17.9 Å². The highest BCUT2D eigenvalue weighted by molar-refractivity contribution is 5.79. The number of nitrogens with two attached hydrogens (primary N) is 1. The van der Waals surface area contributed by atoms with Crippen molar-refractivity contribution < 1.29 is 12.5 Å². The number of nitro groups is 1. The van der Waals surface area contributed by atoms with Crippen molar-refractivity contribution in [2.75, 3.05) is 0 Å². The molecular formula is C16H17N3O3. The van der Waals surface area contributed by atoms with Crippen molar-refractivity contribution in [3.8, 4) is 0 Å². The Hall–Kier alpha value is -2.63. The van der Waals surface area contributed by atoms with Crippen molar-refractivity contribution in [3.63, 3.8) is 0 Å². The van der Waals surface area contributed by atoms with E-state index in [1.54, 1.807) is 4.90 Å². The summed E-state index contributed by atoms with van der Waals surface area (Å²) in [5, 5.41) is 11.5. The normalized spacial score (nSPS) is 28.7. The summed E-state index contributed by atoms with van der Waals surface area (Å²) in [7, 11) is 0. The molecule has 114 valence electrons. The number of hydrogen-bond donors (Lipinski definition) is 1. The lowest BCUT2D eigenvalue weighted by Gasteiger charge is -2.30. The molecule has 6 nitrogen and oxygen atoms in total. The molecule has 0 spiro atoms. The predicted molar refractivity (Wildman–Crippen MR) is 80.7 cm³/mol. The molecule has 1 amide bonds. The van der Waals surface area contributed by atoms with Gasteiger partial charge in [-0.3, -0.25) is 14.9 Å². The van der Waals surface area contributed by atoms with Crippen LogP contribution >= 0.6 is 0 Å². The third-order valence-electron chi connectivity index (χ3n) is 4.07. The molecule has 1 aliphatic carbocycles. The van der Waals surface area contributed by atoms with E-state index in [-0.39, 0.29) is 17.4 Å². The lowest BCUT2D eigenvalue weighted by Crippen LogP contribution is -2.36. The van der Waals surface area contributed by atoms with Crippen LogP contribution in [0.1, 0.15) is 20.8 Å². The Morgan fingerprint density at radius 3 is 2.55 bits per heavy atom. The maximum Gasteiger partial charge on any atom is 0.288 e. The molecule has 0 saturated carbocycles. The van der Waals surface area contributed by atoms with E-state index in [2.05, 4.69) is 0 Å². The summed E-state index contributed by atoms with van der Waals surface area (Å²) in [6.45, 7) is 2.25. The zero-order valence-corrected chi connectivity index (χ0v) is 12.1. The largest absolute Gasteiger partial charge is 0.369 e. The minimum atomic E-state index is -1.68. The summed E-state index contributed by atoms with van der Waals surface area (Å²) in [6, 6.07) is 7.35. The van der Waals surface area contributed by atoms with Gasteiger partial charge in [0.1, 0.15) is 0 Å². The number of fused-ring (bicyclic) bond motifs is 1. The zero-order valence-electron chi connectivity index (χ0n) is 14.1. The number of nitrogens with zero attached hydrogens (tertiary/aromatic N) is 2. The highest BCUT2D eigenvalue weighted by Gasteiger charge is 2.38. The zero-order chi connectivity index (χ0) is 17.6. The second-order valence-electron chi connectivity index (χ2n) is 5.45. The van der Waals surface area contributed by atoms with Crippen molar-refractivity contribution in [2.45, 2.75) is 20.0 Å². The quantitative estimate of drug-likeness (QED) is 0.681. The highest BCUT2D eigenvalue weighted by atomic mass is 16.6. The Labute approximate surface area is 130 Å². The van der Waals surface area contributed by atoms with Gasteiger partial charge >= 0.3 is 0 Å². The van der Waals surface area contributed by atoms with Crippen molar-refractivity contribution in [1.82, 2.24) is 4.90 Å². The second-order valence-corrected chi connectivity index (χ2v) is 5.45. The van der Waals surface area contributed by atoms with E-state index in [9.17, 15) is 14.9 Å². The van der Waals surface area contributed by atoms with Gasteiger partial charge in [-0.1, -0.05) is 37.2 Å². The number of allylic oxidation sites excluding steroid dienone is 2. The fourth-order valence-corrected chi connectivity index (χ4v) is 3.03. The Kier molecular flexibility index (Phi) is 2.88. The summed E-state index contributed by atoms with van der Waals surface area (Å²) < 4.78 is 16.5. The highest BCUT2D eigenvalue weighted by Crippen LogP contribution is 2.37. The number of benzene rings is 1. The first-order chi connectivity index (χ1) is 11.2. The molecule has 0 saturated heterocycles. The molecule has 1 heterocycles. The maximum atomic E-state index is 11.8. The summed E-state index contributed by atoms with van der Waals surface area (Å²) in [5.41, 5.74) is 7.24. The van der Waals surface area contributed by atoms with Crippen LogP contribution in [0.2, 0.25) is 0 Å². The Balaban J connectivity index is 2.13. The first kappa shape index (κ1) is 12.0. The smallest absolute Gasteiger partial charge is 0.288 e. The number of amides is 1. The van der Waals surface area contributed by atoms with Crippen LogP contribution in [0.4, 0.5) is 0 Å². The van der Waals surface area contributed by atoms with Gasteiger partial charge in [0, 0.05) is 26.4 Å². The standard InChI is InChI=1S/C16H17N3O3/c1-10-13(16(17)20)6-7-14(19(21)22)15(10)18-8-11-4-2-3-5-12(11)9-18/h2-7,10,13H,8-9H2,1H3,(H2,17,20)/i6D,10D. The molecule has 0 fully saturated rings. The number of hydrogen-bond acceptors (Lipinski definition) is 4. The summed E-state index contributed by atoms with van der Waals surface area (Å²) in [4.78, 5) is 24.4. The van der Waals surface area contributed by atoms with E-state index in [0.29, 0.717) is 13.1 Å². The van der Waals surface area contributed by atoms with Crippen LogP contribution in [0.5, 0.6) is 0 Å². The number of rotatable bonds is 3. The van der Waals surface area contributed by atoms with Crippen molar-refractivity contribution in [3.05, 3.63) is 69.0 Å². The molecule has 0 radical (unpaired) electrons. The molecule has 2 unspecified atom stereocenters. The minimum Gasteiger partial charge on any atom is -0.369 e. The third-order valence-corrected chi connectivity index (χ3v) is 4.07. The average Bonchev–Trinajstić information content (AvgIpc) is 2.87. The van der Waals surface area contributed by atoms with E-state index in [4.69, 9.17) is 8.48 Å². The van der Waals surface area contributed by atoms with Gasteiger partial charge in [-0.25, -0.2) is 0 Å². The van der Waals surface area contributed by atoms with Gasteiger partial charge in [-0.05, 0) is 11.1 Å². The van der Waals surface area contributed by atoms with E-state index in [1.807, 2.05) is 24.3 Å². The molecule has 1 aliphatic heterocycles. The number of carbonyl (C=O) groups is 1. The first-order valence-corrected chi connectivity index (χ1v) is 6.92. The van der Waals surface area contributed by atoms with Gasteiger partial charge in [0.2, 0.25) is 5.91 Å². The maximum absolute atomic E-state index is 11.8. The molecule has 2 aliphatic rings. The molecule has 1 aromatic carbocycles. The molecule has 6 heteroatoms. The van der Waals surface area contributed by atoms with E-state index < -0.39 is 22.6 Å². The van der Waals surface area contributed by atoms with Crippen molar-refractivity contribution in [2.24, 2.45) is 17.5 Å². The van der Waals surface area contributed by atoms with Crippen LogP contribution in [-0.2, 0) is 17.9 Å². The topological polar surface area (TPSA) is 89.5 Å². The average molecular weight is 301 g/mol. The lowest BCUT2D eigenvalue weighted by atomic mass is 9.84. The van der Waals surface area contributed by atoms with Gasteiger partial charge in [0.15, 0.2) is 0 Å². The predicted octanol–water partition coefficient (Wildman–Crippen LogP) is 1.80. The molecule has 3 rings (SSSR count). The SMILES string of the molecule is [2H]C1=CC([N+](=O)[O-])=C(N2Cc3ccccc3C2)C([2H])(C)C1C(N)=O. The van der Waals surface area contributed by atoms with Crippen LogP contribution in [0, 0.1) is 21.9 Å². The molecule has 2 atom stereocenters. The van der Waals surface area contributed by atoms with E-state index in [0.717, 1.165) is 17.2 Å². The second kappa shape index (κ2) is 5.29. The van der Waals surface area contributed by atoms with Gasteiger partial charge in [0.25, 0.3) is 5.70 Å².